The first-order valence-corrected chi connectivity index (χ1v) is 7.33. The number of rotatable bonds is 4. The van der Waals surface area contributed by atoms with Gasteiger partial charge in [-0.1, -0.05) is 37.3 Å². The number of benzene rings is 1. The van der Waals surface area contributed by atoms with Gasteiger partial charge in [0, 0.05) is 19.1 Å². The molecule has 5 nitrogen and oxygen atoms in total. The van der Waals surface area contributed by atoms with Crippen LogP contribution in [-0.2, 0) is 9.59 Å². The number of aliphatic carboxylic acids is 1. The number of carboxylic acid groups (broad SMARTS) is 1. The summed E-state index contributed by atoms with van der Waals surface area (Å²) in [6, 6.07) is 9.14. The summed E-state index contributed by atoms with van der Waals surface area (Å²) in [4.78, 5) is 25.3. The molecule has 0 bridgehead atoms. The molecule has 0 radical (unpaired) electrons. The highest BCUT2D eigenvalue weighted by atomic mass is 16.4. The number of hydrogen-bond acceptors (Lipinski definition) is 3. The second-order valence-electron chi connectivity index (χ2n) is 5.69. The molecule has 21 heavy (non-hydrogen) atoms. The minimum Gasteiger partial charge on any atom is -0.481 e. The van der Waals surface area contributed by atoms with Gasteiger partial charge in [-0.25, -0.2) is 0 Å². The highest BCUT2D eigenvalue weighted by Gasteiger charge is 2.32. The van der Waals surface area contributed by atoms with Crippen molar-refractivity contribution in [3.05, 3.63) is 35.9 Å². The highest BCUT2D eigenvalue weighted by Crippen LogP contribution is 2.24. The third-order valence-electron chi connectivity index (χ3n) is 4.19. The van der Waals surface area contributed by atoms with Crippen molar-refractivity contribution < 1.29 is 14.7 Å². The van der Waals surface area contributed by atoms with Crippen LogP contribution in [0, 0.1) is 11.8 Å². The van der Waals surface area contributed by atoms with Gasteiger partial charge in [-0.15, -0.1) is 0 Å². The molecule has 0 spiro atoms. The Morgan fingerprint density at radius 1 is 1.33 bits per heavy atom. The maximum atomic E-state index is 12.5. The van der Waals surface area contributed by atoms with Gasteiger partial charge in [-0.05, 0) is 18.4 Å². The van der Waals surface area contributed by atoms with Crippen LogP contribution in [0.15, 0.2) is 30.3 Å². The van der Waals surface area contributed by atoms with E-state index < -0.39 is 11.9 Å². The number of nitrogens with two attached hydrogens (primary N) is 1. The lowest BCUT2D eigenvalue weighted by Gasteiger charge is -2.34. The Hall–Kier alpha value is -1.88. The highest BCUT2D eigenvalue weighted by molar-refractivity contribution is 5.80. The molecule has 1 amide bonds. The zero-order chi connectivity index (χ0) is 15.4. The maximum absolute atomic E-state index is 12.5. The number of nitrogens with zero attached hydrogens (tertiary/aromatic N) is 1. The summed E-state index contributed by atoms with van der Waals surface area (Å²) in [5, 5.41) is 9.10. The van der Waals surface area contributed by atoms with E-state index in [-0.39, 0.29) is 17.9 Å². The first-order valence-electron chi connectivity index (χ1n) is 7.33. The molecule has 1 aliphatic heterocycles. The molecule has 3 atom stereocenters. The van der Waals surface area contributed by atoms with Crippen molar-refractivity contribution in [1.29, 1.82) is 0 Å². The van der Waals surface area contributed by atoms with Crippen molar-refractivity contribution in [1.82, 2.24) is 4.90 Å². The van der Waals surface area contributed by atoms with Gasteiger partial charge in [0.1, 0.15) is 0 Å². The number of piperidine rings is 1. The molecule has 2 unspecified atom stereocenters. The number of carbonyl (C=O) groups is 2. The zero-order valence-electron chi connectivity index (χ0n) is 12.2. The van der Waals surface area contributed by atoms with Crippen molar-refractivity contribution in [2.75, 3.05) is 13.1 Å². The smallest absolute Gasteiger partial charge is 0.308 e. The number of carboxylic acids is 1. The van der Waals surface area contributed by atoms with Crippen LogP contribution in [0.3, 0.4) is 0 Å². The van der Waals surface area contributed by atoms with Crippen LogP contribution in [0.4, 0.5) is 0 Å². The standard InChI is InChI=1S/C16H22N2O3/c1-11(14(17)12-6-3-2-4-7-12)15(19)18-9-5-8-13(10-18)16(20)21/h2-4,6-7,11,13-14H,5,8-10,17H2,1H3,(H,20,21)/t11?,13-,14?/m1/s1. The lowest BCUT2D eigenvalue weighted by molar-refractivity contribution is -0.146. The van der Waals surface area contributed by atoms with Crippen molar-refractivity contribution in [3.63, 3.8) is 0 Å². The second kappa shape index (κ2) is 6.72. The van der Waals surface area contributed by atoms with Gasteiger partial charge in [0.05, 0.1) is 11.8 Å². The van der Waals surface area contributed by atoms with E-state index in [2.05, 4.69) is 0 Å². The average Bonchev–Trinajstić information content (AvgIpc) is 2.53. The molecule has 5 heteroatoms. The Bertz CT molecular complexity index is 504. The van der Waals surface area contributed by atoms with Gasteiger partial charge in [0.15, 0.2) is 0 Å². The number of carbonyl (C=O) groups excluding carboxylic acids is 1. The molecule has 1 saturated heterocycles. The van der Waals surface area contributed by atoms with Crippen LogP contribution in [0.25, 0.3) is 0 Å². The predicted molar refractivity (Wildman–Crippen MR) is 79.5 cm³/mol. The molecule has 3 N–H and O–H groups in total. The average molecular weight is 290 g/mol. The molecular formula is C16H22N2O3. The van der Waals surface area contributed by atoms with E-state index >= 15 is 0 Å². The minimum absolute atomic E-state index is 0.0581. The maximum Gasteiger partial charge on any atom is 0.308 e. The van der Waals surface area contributed by atoms with E-state index in [9.17, 15) is 9.59 Å². The van der Waals surface area contributed by atoms with Crippen molar-refractivity contribution >= 4 is 11.9 Å². The lowest BCUT2D eigenvalue weighted by atomic mass is 9.92. The quantitative estimate of drug-likeness (QED) is 0.883. The molecule has 0 saturated carbocycles. The first-order chi connectivity index (χ1) is 10.0. The predicted octanol–water partition coefficient (Wildman–Crippen LogP) is 1.65. The molecule has 1 aromatic carbocycles. The largest absolute Gasteiger partial charge is 0.481 e. The van der Waals surface area contributed by atoms with Crippen molar-refractivity contribution in [3.8, 4) is 0 Å². The van der Waals surface area contributed by atoms with Crippen molar-refractivity contribution in [2.45, 2.75) is 25.8 Å². The number of hydrogen-bond donors (Lipinski definition) is 2. The van der Waals surface area contributed by atoms with Gasteiger partial charge >= 0.3 is 5.97 Å². The molecular weight excluding hydrogens is 268 g/mol. The summed E-state index contributed by atoms with van der Waals surface area (Å²) in [6.45, 7) is 2.72. The lowest BCUT2D eigenvalue weighted by Crippen LogP contribution is -2.46. The first kappa shape index (κ1) is 15.5. The summed E-state index contributed by atoms with van der Waals surface area (Å²) in [6.07, 6.45) is 1.37. The monoisotopic (exact) mass is 290 g/mol. The molecule has 1 heterocycles. The van der Waals surface area contributed by atoms with E-state index in [0.717, 1.165) is 12.0 Å². The summed E-state index contributed by atoms with van der Waals surface area (Å²) < 4.78 is 0. The summed E-state index contributed by atoms with van der Waals surface area (Å²) in [5.41, 5.74) is 7.10. The second-order valence-corrected chi connectivity index (χ2v) is 5.69. The summed E-state index contributed by atoms with van der Waals surface area (Å²) >= 11 is 0. The fourth-order valence-electron chi connectivity index (χ4n) is 2.78. The normalized spacial score (nSPS) is 21.6. The van der Waals surface area contributed by atoms with E-state index in [1.165, 1.54) is 0 Å². The van der Waals surface area contributed by atoms with E-state index in [0.29, 0.717) is 19.5 Å². The molecule has 0 aromatic heterocycles. The van der Waals surface area contributed by atoms with Crippen LogP contribution in [0.2, 0.25) is 0 Å². The molecule has 1 fully saturated rings. The topological polar surface area (TPSA) is 83.6 Å². The van der Waals surface area contributed by atoms with Gasteiger partial charge in [-0.2, -0.15) is 0 Å². The van der Waals surface area contributed by atoms with Crippen molar-refractivity contribution in [2.24, 2.45) is 17.6 Å². The molecule has 2 rings (SSSR count). The molecule has 1 aliphatic rings. The Balaban J connectivity index is 2.03. The van der Waals surface area contributed by atoms with Crippen LogP contribution in [-0.4, -0.2) is 35.0 Å². The number of likely N-dealkylation sites (tertiary alicyclic amines) is 1. The van der Waals surface area contributed by atoms with Crippen LogP contribution >= 0.6 is 0 Å². The zero-order valence-corrected chi connectivity index (χ0v) is 12.2. The van der Waals surface area contributed by atoms with E-state index in [4.69, 9.17) is 10.8 Å². The van der Waals surface area contributed by atoms with E-state index in [1.807, 2.05) is 37.3 Å². The SMILES string of the molecule is CC(C(=O)N1CCC[C@@H](C(=O)O)C1)C(N)c1ccccc1. The molecule has 114 valence electrons. The van der Waals surface area contributed by atoms with E-state index in [1.54, 1.807) is 4.90 Å². The summed E-state index contributed by atoms with van der Waals surface area (Å²) in [7, 11) is 0. The fraction of sp³-hybridized carbons (Fsp3) is 0.500. The Kier molecular flexibility index (Phi) is 4.96. The summed E-state index contributed by atoms with van der Waals surface area (Å²) in [5.74, 6) is -1.70. The van der Waals surface area contributed by atoms with Crippen LogP contribution in [0.1, 0.15) is 31.4 Å². The fourth-order valence-corrected chi connectivity index (χ4v) is 2.78. The molecule has 1 aromatic rings. The van der Waals surface area contributed by atoms with Crippen LogP contribution < -0.4 is 5.73 Å². The Morgan fingerprint density at radius 2 is 2.00 bits per heavy atom. The Labute approximate surface area is 124 Å². The van der Waals surface area contributed by atoms with Gasteiger partial charge in [-0.3, -0.25) is 9.59 Å². The van der Waals surface area contributed by atoms with Gasteiger partial charge in [0.25, 0.3) is 0 Å². The van der Waals surface area contributed by atoms with Gasteiger partial charge in [0.2, 0.25) is 5.91 Å². The minimum atomic E-state index is -0.826. The number of amides is 1. The van der Waals surface area contributed by atoms with Gasteiger partial charge < -0.3 is 15.7 Å². The third kappa shape index (κ3) is 3.61. The van der Waals surface area contributed by atoms with Crippen LogP contribution in [0.5, 0.6) is 0 Å². The Morgan fingerprint density at radius 3 is 2.62 bits per heavy atom. The molecule has 0 aliphatic carbocycles. The third-order valence-corrected chi connectivity index (χ3v) is 4.19.